The van der Waals surface area contributed by atoms with Crippen molar-refractivity contribution in [2.45, 2.75) is 40.7 Å². The van der Waals surface area contributed by atoms with Crippen LogP contribution in [0.2, 0.25) is 0 Å². The minimum Gasteiger partial charge on any atom is -0.456 e. The second-order valence-electron chi connectivity index (χ2n) is 5.57. The van der Waals surface area contributed by atoms with Crippen molar-refractivity contribution in [2.75, 3.05) is 0 Å². The lowest BCUT2D eigenvalue weighted by molar-refractivity contribution is 0.195. The van der Waals surface area contributed by atoms with Gasteiger partial charge in [0.25, 0.3) is 0 Å². The van der Waals surface area contributed by atoms with Crippen molar-refractivity contribution in [3.05, 3.63) is 57.9 Å². The summed E-state index contributed by atoms with van der Waals surface area (Å²) in [6, 6.07) is 7.02. The number of benzene rings is 2. The van der Waals surface area contributed by atoms with Gasteiger partial charge in [-0.1, -0.05) is 12.1 Å². The third-order valence-electron chi connectivity index (χ3n) is 3.83. The molecule has 0 aromatic heterocycles. The van der Waals surface area contributed by atoms with Gasteiger partial charge in [0.1, 0.15) is 17.3 Å². The molecule has 2 rings (SSSR count). The fourth-order valence-corrected chi connectivity index (χ4v) is 2.28. The molecule has 21 heavy (non-hydrogen) atoms. The Hall–Kier alpha value is -1.87. The molecule has 0 spiro atoms. The van der Waals surface area contributed by atoms with E-state index in [0.717, 1.165) is 22.4 Å². The Labute approximate surface area is 125 Å². The number of aliphatic hydroxyl groups excluding tert-OH is 1. The Bertz CT molecular complexity index is 675. The summed E-state index contributed by atoms with van der Waals surface area (Å²) in [5, 5.41) is 9.84. The molecule has 1 unspecified atom stereocenters. The summed E-state index contributed by atoms with van der Waals surface area (Å²) in [7, 11) is 0. The number of hydrogen-bond donors (Lipinski definition) is 1. The fourth-order valence-electron chi connectivity index (χ4n) is 2.28. The highest BCUT2D eigenvalue weighted by Crippen LogP contribution is 2.35. The van der Waals surface area contributed by atoms with E-state index in [4.69, 9.17) is 4.74 Å². The van der Waals surface area contributed by atoms with Crippen LogP contribution < -0.4 is 4.74 Å². The van der Waals surface area contributed by atoms with Gasteiger partial charge >= 0.3 is 0 Å². The highest BCUT2D eigenvalue weighted by molar-refractivity contribution is 5.49. The molecule has 3 heteroatoms. The van der Waals surface area contributed by atoms with Gasteiger partial charge in [-0.3, -0.25) is 0 Å². The molecule has 2 aromatic carbocycles. The smallest absolute Gasteiger partial charge is 0.133 e. The second kappa shape index (κ2) is 5.86. The molecule has 0 radical (unpaired) electrons. The summed E-state index contributed by atoms with van der Waals surface area (Å²) < 4.78 is 19.7. The summed E-state index contributed by atoms with van der Waals surface area (Å²) in [5.41, 5.74) is 4.15. The van der Waals surface area contributed by atoms with Crippen molar-refractivity contribution in [1.29, 1.82) is 0 Å². The first kappa shape index (κ1) is 15.5. The molecule has 0 aliphatic rings. The van der Waals surface area contributed by atoms with Crippen molar-refractivity contribution >= 4 is 0 Å². The zero-order valence-electron chi connectivity index (χ0n) is 13.1. The second-order valence-corrected chi connectivity index (χ2v) is 5.57. The van der Waals surface area contributed by atoms with Crippen LogP contribution in [0.3, 0.4) is 0 Å². The maximum Gasteiger partial charge on any atom is 0.133 e. The molecule has 0 saturated heterocycles. The largest absolute Gasteiger partial charge is 0.456 e. The van der Waals surface area contributed by atoms with Crippen LogP contribution in [0.15, 0.2) is 24.3 Å². The quantitative estimate of drug-likeness (QED) is 0.870. The third-order valence-corrected chi connectivity index (χ3v) is 3.83. The highest BCUT2D eigenvalue weighted by atomic mass is 19.1. The Morgan fingerprint density at radius 1 is 1.00 bits per heavy atom. The molecular formula is C18H21FO2. The van der Waals surface area contributed by atoms with Gasteiger partial charge in [-0.15, -0.1) is 0 Å². The monoisotopic (exact) mass is 288 g/mol. The van der Waals surface area contributed by atoms with Gasteiger partial charge in [0.15, 0.2) is 0 Å². The fraction of sp³-hybridized carbons (Fsp3) is 0.333. The van der Waals surface area contributed by atoms with E-state index in [1.807, 2.05) is 32.9 Å². The highest BCUT2D eigenvalue weighted by Gasteiger charge is 2.16. The number of hydrogen-bond acceptors (Lipinski definition) is 2. The van der Waals surface area contributed by atoms with Crippen molar-refractivity contribution < 1.29 is 14.2 Å². The van der Waals surface area contributed by atoms with Crippen molar-refractivity contribution in [1.82, 2.24) is 0 Å². The lowest BCUT2D eigenvalue weighted by Crippen LogP contribution is -2.01. The molecule has 112 valence electrons. The topological polar surface area (TPSA) is 29.5 Å². The molecule has 0 amide bonds. The van der Waals surface area contributed by atoms with Crippen LogP contribution in [0.5, 0.6) is 11.5 Å². The zero-order chi connectivity index (χ0) is 15.7. The lowest BCUT2D eigenvalue weighted by atomic mass is 10.0. The molecule has 2 nitrogen and oxygen atoms in total. The molecular weight excluding hydrogens is 267 g/mol. The van der Waals surface area contributed by atoms with Gasteiger partial charge in [-0.25, -0.2) is 4.39 Å². The van der Waals surface area contributed by atoms with Crippen LogP contribution in [0.4, 0.5) is 4.39 Å². The molecule has 0 heterocycles. The molecule has 0 fully saturated rings. The third kappa shape index (κ3) is 3.08. The normalized spacial score (nSPS) is 12.3. The van der Waals surface area contributed by atoms with Gasteiger partial charge < -0.3 is 9.84 Å². The van der Waals surface area contributed by atoms with Gasteiger partial charge in [0, 0.05) is 5.56 Å². The maximum atomic E-state index is 13.7. The van der Waals surface area contributed by atoms with Crippen LogP contribution in [0.1, 0.15) is 40.8 Å². The molecule has 0 aliphatic carbocycles. The van der Waals surface area contributed by atoms with E-state index in [-0.39, 0.29) is 5.82 Å². The van der Waals surface area contributed by atoms with Crippen LogP contribution in [0.25, 0.3) is 0 Å². The molecule has 0 saturated carbocycles. The summed E-state index contributed by atoms with van der Waals surface area (Å²) in [4.78, 5) is 0. The number of aliphatic hydroxyl groups is 1. The van der Waals surface area contributed by atoms with Crippen LogP contribution in [0, 0.1) is 33.5 Å². The molecule has 0 aliphatic heterocycles. The van der Waals surface area contributed by atoms with E-state index in [1.165, 1.54) is 6.07 Å². The predicted molar refractivity (Wildman–Crippen MR) is 82.5 cm³/mol. The van der Waals surface area contributed by atoms with E-state index in [0.29, 0.717) is 16.9 Å². The maximum absolute atomic E-state index is 13.7. The van der Waals surface area contributed by atoms with Crippen molar-refractivity contribution in [3.63, 3.8) is 0 Å². The minimum atomic E-state index is -0.791. The van der Waals surface area contributed by atoms with Crippen LogP contribution in [-0.4, -0.2) is 5.11 Å². The number of rotatable bonds is 3. The Morgan fingerprint density at radius 2 is 1.62 bits per heavy atom. The molecule has 2 aromatic rings. The van der Waals surface area contributed by atoms with Gasteiger partial charge in [0.2, 0.25) is 0 Å². The Balaban J connectivity index is 2.54. The van der Waals surface area contributed by atoms with E-state index in [9.17, 15) is 9.50 Å². The van der Waals surface area contributed by atoms with Crippen molar-refractivity contribution in [3.8, 4) is 11.5 Å². The van der Waals surface area contributed by atoms with Gasteiger partial charge in [-0.05, 0) is 69.0 Å². The molecule has 1 atom stereocenters. The Kier molecular flexibility index (Phi) is 4.33. The van der Waals surface area contributed by atoms with Crippen molar-refractivity contribution in [2.24, 2.45) is 0 Å². The number of ether oxygens (including phenoxy) is 1. The van der Waals surface area contributed by atoms with Gasteiger partial charge in [-0.2, -0.15) is 0 Å². The van der Waals surface area contributed by atoms with E-state index in [2.05, 4.69) is 0 Å². The van der Waals surface area contributed by atoms with E-state index in [1.54, 1.807) is 19.9 Å². The predicted octanol–water partition coefficient (Wildman–Crippen LogP) is 4.90. The average Bonchev–Trinajstić information content (AvgIpc) is 2.42. The van der Waals surface area contributed by atoms with Crippen LogP contribution in [-0.2, 0) is 0 Å². The summed E-state index contributed by atoms with van der Waals surface area (Å²) in [6.07, 6.45) is -0.791. The summed E-state index contributed by atoms with van der Waals surface area (Å²) in [5.74, 6) is 0.930. The SMILES string of the molecule is Cc1cc(Oc2c(C)ccc(C)c2C)c(C(C)O)cc1F. The first-order chi connectivity index (χ1) is 9.81. The summed E-state index contributed by atoms with van der Waals surface area (Å²) >= 11 is 0. The van der Waals surface area contributed by atoms with Gasteiger partial charge in [0.05, 0.1) is 6.10 Å². The lowest BCUT2D eigenvalue weighted by Gasteiger charge is -2.18. The average molecular weight is 288 g/mol. The first-order valence-electron chi connectivity index (χ1n) is 7.04. The first-order valence-corrected chi connectivity index (χ1v) is 7.04. The van der Waals surface area contributed by atoms with E-state index < -0.39 is 6.10 Å². The molecule has 0 bridgehead atoms. The standard InChI is InChI=1S/C18H21FO2/c1-10-6-7-11(2)18(13(10)4)21-17-8-12(3)16(19)9-15(17)14(5)20/h6-9,14,20H,1-5H3. The zero-order valence-corrected chi connectivity index (χ0v) is 13.1. The number of halogens is 1. The molecule has 1 N–H and O–H groups in total. The summed E-state index contributed by atoms with van der Waals surface area (Å²) in [6.45, 7) is 9.28. The Morgan fingerprint density at radius 3 is 2.24 bits per heavy atom. The minimum absolute atomic E-state index is 0.337. The number of aryl methyl sites for hydroxylation is 3. The van der Waals surface area contributed by atoms with Crippen LogP contribution >= 0.6 is 0 Å². The van der Waals surface area contributed by atoms with E-state index >= 15 is 0 Å².